The Labute approximate surface area is 199 Å². The molecule has 10 nitrogen and oxygen atoms in total. The lowest BCUT2D eigenvalue weighted by Gasteiger charge is -2.20. The van der Waals surface area contributed by atoms with Gasteiger partial charge in [-0.2, -0.15) is 9.57 Å². The summed E-state index contributed by atoms with van der Waals surface area (Å²) in [6, 6.07) is 8.44. The molecule has 0 saturated carbocycles. The molecule has 0 aliphatic heterocycles. The van der Waals surface area contributed by atoms with E-state index in [1.807, 2.05) is 17.6 Å². The first-order valence-electron chi connectivity index (χ1n) is 10.6. The van der Waals surface area contributed by atoms with Gasteiger partial charge in [-0.05, 0) is 19.1 Å². The number of carbonyl (C=O) groups is 1. The number of methoxy groups -OCH3 is 1. The molecule has 2 rings (SSSR count). The molecule has 1 aromatic carbocycles. The molecular weight excluding hydrogens is 464 g/mol. The molecule has 1 heterocycles. The highest BCUT2D eigenvalue weighted by Crippen LogP contribution is 2.29. The molecule has 0 saturated heterocycles. The minimum absolute atomic E-state index is 0.111. The molecule has 0 spiro atoms. The van der Waals surface area contributed by atoms with E-state index in [0.717, 1.165) is 0 Å². The van der Waals surface area contributed by atoms with Crippen molar-refractivity contribution >= 4 is 27.7 Å². The van der Waals surface area contributed by atoms with E-state index < -0.39 is 10.0 Å². The molecule has 1 N–H and O–H groups in total. The van der Waals surface area contributed by atoms with Crippen LogP contribution in [0.2, 0.25) is 0 Å². The maximum atomic E-state index is 13.0. The summed E-state index contributed by atoms with van der Waals surface area (Å²) in [4.78, 5) is 12.2. The first-order valence-corrected chi connectivity index (χ1v) is 13.0. The monoisotopic (exact) mass is 494 g/mol. The zero-order valence-electron chi connectivity index (χ0n) is 19.3. The van der Waals surface area contributed by atoms with E-state index in [1.165, 1.54) is 16.1 Å². The molecule has 0 aliphatic carbocycles. The predicted octanol–water partition coefficient (Wildman–Crippen LogP) is 2.30. The van der Waals surface area contributed by atoms with E-state index >= 15 is 0 Å². The van der Waals surface area contributed by atoms with Gasteiger partial charge >= 0.3 is 0 Å². The SMILES string of the molecule is CCN(CC)S(=O)(=O)c1cccc(-c2nnc(SCC(=O)NCCC#N)n2C(C)COC)c1. The Morgan fingerprint density at radius 2 is 2.06 bits per heavy atom. The van der Waals surface area contributed by atoms with Crippen LogP contribution in [0.15, 0.2) is 34.3 Å². The zero-order valence-corrected chi connectivity index (χ0v) is 20.9. The highest BCUT2D eigenvalue weighted by atomic mass is 32.2. The number of hydrogen-bond donors (Lipinski definition) is 1. The second-order valence-electron chi connectivity index (χ2n) is 7.14. The summed E-state index contributed by atoms with van der Waals surface area (Å²) >= 11 is 1.22. The quantitative estimate of drug-likeness (QED) is 0.332. The summed E-state index contributed by atoms with van der Waals surface area (Å²) in [6.45, 7) is 6.96. The fourth-order valence-electron chi connectivity index (χ4n) is 3.23. The molecule has 1 aromatic heterocycles. The van der Waals surface area contributed by atoms with Gasteiger partial charge in [-0.1, -0.05) is 37.7 Å². The third-order valence-electron chi connectivity index (χ3n) is 4.84. The van der Waals surface area contributed by atoms with Crippen molar-refractivity contribution in [1.82, 2.24) is 24.4 Å². The number of thioether (sulfide) groups is 1. The largest absolute Gasteiger partial charge is 0.383 e. The Hall–Kier alpha value is -2.46. The smallest absolute Gasteiger partial charge is 0.243 e. The normalized spacial score (nSPS) is 12.5. The number of nitrogens with zero attached hydrogens (tertiary/aromatic N) is 5. The standard InChI is InChI=1S/C21H30N6O4S2/c1-5-26(6-2)33(29,30)18-10-7-9-17(13-18)20-24-25-21(27(20)16(3)14-31-4)32-15-19(28)23-12-8-11-22/h7,9-10,13,16H,5-6,8,12,14-15H2,1-4H3,(H,23,28). The number of aromatic nitrogens is 3. The number of sulfonamides is 1. The van der Waals surface area contributed by atoms with Gasteiger partial charge in [0.05, 0.1) is 35.8 Å². The molecule has 0 bridgehead atoms. The number of hydrogen-bond acceptors (Lipinski definition) is 8. The van der Waals surface area contributed by atoms with E-state index in [-0.39, 0.29) is 29.0 Å². The lowest BCUT2D eigenvalue weighted by Crippen LogP contribution is -2.30. The van der Waals surface area contributed by atoms with Gasteiger partial charge in [0.2, 0.25) is 15.9 Å². The van der Waals surface area contributed by atoms with Crippen LogP contribution in [0.3, 0.4) is 0 Å². The Kier molecular flexibility index (Phi) is 10.3. The zero-order chi connectivity index (χ0) is 24.4. The maximum Gasteiger partial charge on any atom is 0.243 e. The summed E-state index contributed by atoms with van der Waals surface area (Å²) in [5.41, 5.74) is 0.601. The highest BCUT2D eigenvalue weighted by Gasteiger charge is 2.24. The first kappa shape index (κ1) is 26.8. The molecule has 2 aromatic rings. The van der Waals surface area contributed by atoms with Crippen molar-refractivity contribution < 1.29 is 17.9 Å². The number of nitriles is 1. The number of benzene rings is 1. The van der Waals surface area contributed by atoms with E-state index in [4.69, 9.17) is 10.00 Å². The summed E-state index contributed by atoms with van der Waals surface area (Å²) in [6.07, 6.45) is 0.244. The van der Waals surface area contributed by atoms with Crippen molar-refractivity contribution in [2.24, 2.45) is 0 Å². The predicted molar refractivity (Wildman–Crippen MR) is 126 cm³/mol. The topological polar surface area (TPSA) is 130 Å². The Morgan fingerprint density at radius 1 is 1.33 bits per heavy atom. The van der Waals surface area contributed by atoms with Crippen LogP contribution < -0.4 is 5.32 Å². The molecular formula is C21H30N6O4S2. The van der Waals surface area contributed by atoms with Crippen LogP contribution in [-0.2, 0) is 19.6 Å². The van der Waals surface area contributed by atoms with Crippen molar-refractivity contribution in [2.45, 2.75) is 43.3 Å². The number of amides is 1. The van der Waals surface area contributed by atoms with Gasteiger partial charge in [-0.25, -0.2) is 8.42 Å². The molecule has 1 unspecified atom stereocenters. The summed E-state index contributed by atoms with van der Waals surface area (Å²) in [5, 5.41) is 20.3. The van der Waals surface area contributed by atoms with Gasteiger partial charge in [-0.3, -0.25) is 9.36 Å². The number of carbonyl (C=O) groups excluding carboxylic acids is 1. The van der Waals surface area contributed by atoms with Gasteiger partial charge in [0.15, 0.2) is 11.0 Å². The lowest BCUT2D eigenvalue weighted by molar-refractivity contribution is -0.118. The van der Waals surface area contributed by atoms with Gasteiger partial charge < -0.3 is 10.1 Å². The molecule has 1 amide bonds. The number of ether oxygens (including phenoxy) is 1. The summed E-state index contributed by atoms with van der Waals surface area (Å²) < 4.78 is 34.5. The third kappa shape index (κ3) is 6.77. The van der Waals surface area contributed by atoms with E-state index in [1.54, 1.807) is 45.2 Å². The molecule has 1 atom stereocenters. The summed E-state index contributed by atoms with van der Waals surface area (Å²) in [7, 11) is -2.04. The molecule has 12 heteroatoms. The van der Waals surface area contributed by atoms with Gasteiger partial charge in [0.25, 0.3) is 0 Å². The van der Waals surface area contributed by atoms with Gasteiger partial charge in [0, 0.05) is 32.3 Å². The van der Waals surface area contributed by atoms with Crippen molar-refractivity contribution in [2.75, 3.05) is 39.1 Å². The summed E-state index contributed by atoms with van der Waals surface area (Å²) in [5.74, 6) is 0.390. The minimum Gasteiger partial charge on any atom is -0.383 e. The Bertz CT molecular complexity index is 1080. The van der Waals surface area contributed by atoms with Crippen LogP contribution in [0.25, 0.3) is 11.4 Å². The van der Waals surface area contributed by atoms with Crippen molar-refractivity contribution in [3.8, 4) is 17.5 Å². The second kappa shape index (κ2) is 12.7. The van der Waals surface area contributed by atoms with Crippen LogP contribution in [0.5, 0.6) is 0 Å². The van der Waals surface area contributed by atoms with E-state index in [2.05, 4.69) is 15.5 Å². The first-order chi connectivity index (χ1) is 15.8. The van der Waals surface area contributed by atoms with Crippen molar-refractivity contribution in [3.05, 3.63) is 24.3 Å². The van der Waals surface area contributed by atoms with Crippen molar-refractivity contribution in [1.29, 1.82) is 5.26 Å². The van der Waals surface area contributed by atoms with Crippen LogP contribution in [0, 0.1) is 11.3 Å². The Morgan fingerprint density at radius 3 is 2.70 bits per heavy atom. The maximum absolute atomic E-state index is 13.0. The van der Waals surface area contributed by atoms with Crippen LogP contribution in [-0.4, -0.2) is 72.5 Å². The van der Waals surface area contributed by atoms with Gasteiger partial charge in [0.1, 0.15) is 0 Å². The fraction of sp³-hybridized carbons (Fsp3) is 0.524. The highest BCUT2D eigenvalue weighted by molar-refractivity contribution is 7.99. The number of rotatable bonds is 13. The van der Waals surface area contributed by atoms with Crippen LogP contribution in [0.4, 0.5) is 0 Å². The van der Waals surface area contributed by atoms with Crippen LogP contribution >= 0.6 is 11.8 Å². The second-order valence-corrected chi connectivity index (χ2v) is 10.0. The molecule has 0 aliphatic rings. The molecule has 33 heavy (non-hydrogen) atoms. The Balaban J connectivity index is 2.39. The average molecular weight is 495 g/mol. The van der Waals surface area contributed by atoms with E-state index in [9.17, 15) is 13.2 Å². The molecule has 180 valence electrons. The average Bonchev–Trinajstić information content (AvgIpc) is 3.23. The molecule has 0 fully saturated rings. The van der Waals surface area contributed by atoms with Gasteiger partial charge in [-0.15, -0.1) is 10.2 Å². The number of nitrogens with one attached hydrogen (secondary N) is 1. The third-order valence-corrected chi connectivity index (χ3v) is 7.83. The minimum atomic E-state index is -3.63. The van der Waals surface area contributed by atoms with Crippen molar-refractivity contribution in [3.63, 3.8) is 0 Å². The lowest BCUT2D eigenvalue weighted by atomic mass is 10.2. The van der Waals surface area contributed by atoms with Crippen LogP contribution in [0.1, 0.15) is 33.2 Å². The fourth-order valence-corrected chi connectivity index (χ4v) is 5.60. The molecule has 0 radical (unpaired) electrons. The van der Waals surface area contributed by atoms with E-state index in [0.29, 0.717) is 42.8 Å².